The minimum absolute atomic E-state index is 0.203. The van der Waals surface area contributed by atoms with E-state index in [4.69, 9.17) is 26.5 Å². The van der Waals surface area contributed by atoms with Gasteiger partial charge in [-0.2, -0.15) is 0 Å². The smallest absolute Gasteiger partial charge is 0.253 e. The van der Waals surface area contributed by atoms with Crippen LogP contribution in [0.5, 0.6) is 5.75 Å². The lowest BCUT2D eigenvalue weighted by Crippen LogP contribution is -2.06. The molecule has 1 aromatic carbocycles. The Morgan fingerprint density at radius 2 is 2.11 bits per heavy atom. The minimum Gasteiger partial charge on any atom is -0.482 e. The second-order valence-corrected chi connectivity index (χ2v) is 4.41. The molecule has 0 aliphatic rings. The van der Waals surface area contributed by atoms with Crippen LogP contribution >= 0.6 is 11.6 Å². The Bertz CT molecular complexity index is 542. The van der Waals surface area contributed by atoms with Crippen molar-refractivity contribution in [2.75, 3.05) is 6.54 Å². The summed E-state index contributed by atoms with van der Waals surface area (Å²) in [5.74, 6) is 1.67. The molecule has 2 N–H and O–H groups in total. The first-order valence-corrected chi connectivity index (χ1v) is 6.54. The number of para-hydroxylation sites is 1. The van der Waals surface area contributed by atoms with E-state index >= 15 is 0 Å². The van der Waals surface area contributed by atoms with Crippen molar-refractivity contribution in [3.8, 4) is 5.75 Å². The van der Waals surface area contributed by atoms with Gasteiger partial charge in [0.05, 0.1) is 5.02 Å². The first-order valence-electron chi connectivity index (χ1n) is 6.16. The van der Waals surface area contributed by atoms with Gasteiger partial charge in [0.1, 0.15) is 5.75 Å². The molecule has 5 nitrogen and oxygen atoms in total. The molecule has 1 aromatic heterocycles. The van der Waals surface area contributed by atoms with Crippen LogP contribution in [-0.4, -0.2) is 16.7 Å². The van der Waals surface area contributed by atoms with Crippen LogP contribution in [0, 0.1) is 0 Å². The third-order valence-corrected chi connectivity index (χ3v) is 2.91. The van der Waals surface area contributed by atoms with Gasteiger partial charge in [0.2, 0.25) is 5.89 Å². The number of ether oxygens (including phenoxy) is 1. The highest BCUT2D eigenvalue weighted by atomic mass is 35.5. The van der Waals surface area contributed by atoms with E-state index < -0.39 is 0 Å². The van der Waals surface area contributed by atoms with E-state index in [1.54, 1.807) is 6.07 Å². The highest BCUT2D eigenvalue weighted by molar-refractivity contribution is 6.32. The number of hydrogen-bond acceptors (Lipinski definition) is 5. The molecule has 0 bridgehead atoms. The lowest BCUT2D eigenvalue weighted by molar-refractivity contribution is 0.257. The molecule has 102 valence electrons. The molecule has 6 heteroatoms. The van der Waals surface area contributed by atoms with Gasteiger partial charge in [-0.25, -0.2) is 0 Å². The zero-order chi connectivity index (χ0) is 13.7. The average molecular weight is 282 g/mol. The van der Waals surface area contributed by atoms with Gasteiger partial charge in [-0.15, -0.1) is 10.2 Å². The molecular weight excluding hydrogens is 266 g/mol. The Morgan fingerprint density at radius 1 is 1.32 bits per heavy atom. The maximum absolute atomic E-state index is 6.13. The SMILES string of the molecule is CCc1nnc(COc2c(Cl)cccc2CCN)o1. The number of hydrogen-bond donors (Lipinski definition) is 1. The topological polar surface area (TPSA) is 74.2 Å². The number of aryl methyl sites for hydroxylation is 1. The quantitative estimate of drug-likeness (QED) is 0.880. The van der Waals surface area contributed by atoms with Gasteiger partial charge >= 0.3 is 0 Å². The molecule has 0 radical (unpaired) electrons. The summed E-state index contributed by atoms with van der Waals surface area (Å²) in [6.07, 6.45) is 1.41. The summed E-state index contributed by atoms with van der Waals surface area (Å²) in [7, 11) is 0. The summed E-state index contributed by atoms with van der Waals surface area (Å²) < 4.78 is 11.1. The summed E-state index contributed by atoms with van der Waals surface area (Å²) in [5.41, 5.74) is 6.55. The van der Waals surface area contributed by atoms with Gasteiger partial charge in [0.25, 0.3) is 5.89 Å². The van der Waals surface area contributed by atoms with Crippen LogP contribution in [0.25, 0.3) is 0 Å². The Kier molecular flexibility index (Phi) is 4.76. The van der Waals surface area contributed by atoms with Crippen LogP contribution in [0.3, 0.4) is 0 Å². The standard InChI is InChI=1S/C13H16ClN3O2/c1-2-11-16-17-12(19-11)8-18-13-9(6-7-15)4-3-5-10(13)14/h3-5H,2,6-8,15H2,1H3. The fourth-order valence-corrected chi connectivity index (χ4v) is 1.94. The molecule has 0 saturated heterocycles. The average Bonchev–Trinajstić information content (AvgIpc) is 2.86. The zero-order valence-electron chi connectivity index (χ0n) is 10.7. The van der Waals surface area contributed by atoms with Crippen LogP contribution < -0.4 is 10.5 Å². The number of aromatic nitrogens is 2. The first-order chi connectivity index (χ1) is 9.24. The third kappa shape index (κ3) is 3.45. The molecule has 19 heavy (non-hydrogen) atoms. The van der Waals surface area contributed by atoms with Gasteiger partial charge in [-0.3, -0.25) is 0 Å². The van der Waals surface area contributed by atoms with Crippen molar-refractivity contribution in [2.45, 2.75) is 26.4 Å². The molecule has 2 aromatic rings. The molecule has 0 unspecified atom stereocenters. The Balaban J connectivity index is 2.09. The van der Waals surface area contributed by atoms with E-state index in [9.17, 15) is 0 Å². The summed E-state index contributed by atoms with van der Waals surface area (Å²) >= 11 is 6.13. The van der Waals surface area contributed by atoms with Crippen LogP contribution in [0.1, 0.15) is 24.3 Å². The summed E-state index contributed by atoms with van der Waals surface area (Å²) in [4.78, 5) is 0. The maximum Gasteiger partial charge on any atom is 0.253 e. The number of nitrogens with two attached hydrogens (primary N) is 1. The molecule has 0 spiro atoms. The monoisotopic (exact) mass is 281 g/mol. The highest BCUT2D eigenvalue weighted by Gasteiger charge is 2.10. The lowest BCUT2D eigenvalue weighted by Gasteiger charge is -2.11. The maximum atomic E-state index is 6.13. The van der Waals surface area contributed by atoms with Crippen molar-refractivity contribution < 1.29 is 9.15 Å². The first kappa shape index (κ1) is 13.8. The third-order valence-electron chi connectivity index (χ3n) is 2.61. The van der Waals surface area contributed by atoms with Crippen LogP contribution in [-0.2, 0) is 19.4 Å². The predicted molar refractivity (Wildman–Crippen MR) is 72.2 cm³/mol. The van der Waals surface area contributed by atoms with Gasteiger partial charge < -0.3 is 14.9 Å². The van der Waals surface area contributed by atoms with E-state index in [1.165, 1.54) is 0 Å². The van der Waals surface area contributed by atoms with Crippen LogP contribution in [0.4, 0.5) is 0 Å². The molecule has 0 aliphatic carbocycles. The normalized spacial score (nSPS) is 10.7. The van der Waals surface area contributed by atoms with E-state index in [-0.39, 0.29) is 6.61 Å². The Labute approximate surface area is 116 Å². The van der Waals surface area contributed by atoms with Crippen molar-refractivity contribution >= 4 is 11.6 Å². The van der Waals surface area contributed by atoms with Crippen molar-refractivity contribution in [1.82, 2.24) is 10.2 Å². The molecule has 0 amide bonds. The zero-order valence-corrected chi connectivity index (χ0v) is 11.5. The Morgan fingerprint density at radius 3 is 2.79 bits per heavy atom. The van der Waals surface area contributed by atoms with E-state index in [1.807, 2.05) is 19.1 Å². The fraction of sp³-hybridized carbons (Fsp3) is 0.385. The minimum atomic E-state index is 0.203. The van der Waals surface area contributed by atoms with Crippen molar-refractivity contribution in [3.63, 3.8) is 0 Å². The highest BCUT2D eigenvalue weighted by Crippen LogP contribution is 2.29. The van der Waals surface area contributed by atoms with Gasteiger partial charge in [-0.1, -0.05) is 30.7 Å². The second kappa shape index (κ2) is 6.54. The predicted octanol–water partition coefficient (Wildman–Crippen LogP) is 2.37. The lowest BCUT2D eigenvalue weighted by atomic mass is 10.1. The summed E-state index contributed by atoms with van der Waals surface area (Å²) in [5, 5.41) is 8.33. The summed E-state index contributed by atoms with van der Waals surface area (Å²) in [6, 6.07) is 5.60. The van der Waals surface area contributed by atoms with E-state index in [0.29, 0.717) is 41.9 Å². The molecular formula is C13H16ClN3O2. The molecule has 2 rings (SSSR count). The summed E-state index contributed by atoms with van der Waals surface area (Å²) in [6.45, 7) is 2.69. The van der Waals surface area contributed by atoms with E-state index in [0.717, 1.165) is 5.56 Å². The fourth-order valence-electron chi connectivity index (χ4n) is 1.69. The van der Waals surface area contributed by atoms with E-state index in [2.05, 4.69) is 10.2 Å². The molecule has 0 fully saturated rings. The van der Waals surface area contributed by atoms with Crippen molar-refractivity contribution in [2.24, 2.45) is 5.73 Å². The molecule has 0 atom stereocenters. The van der Waals surface area contributed by atoms with Crippen molar-refractivity contribution in [3.05, 3.63) is 40.6 Å². The number of nitrogens with zero attached hydrogens (tertiary/aromatic N) is 2. The van der Waals surface area contributed by atoms with Gasteiger partial charge in [0.15, 0.2) is 6.61 Å². The largest absolute Gasteiger partial charge is 0.482 e. The molecule has 0 saturated carbocycles. The van der Waals surface area contributed by atoms with Gasteiger partial charge in [-0.05, 0) is 24.6 Å². The molecule has 0 aliphatic heterocycles. The van der Waals surface area contributed by atoms with Crippen molar-refractivity contribution in [1.29, 1.82) is 0 Å². The van der Waals surface area contributed by atoms with Crippen LogP contribution in [0.2, 0.25) is 5.02 Å². The Hall–Kier alpha value is -1.59. The van der Waals surface area contributed by atoms with Crippen LogP contribution in [0.15, 0.2) is 22.6 Å². The number of halogens is 1. The second-order valence-electron chi connectivity index (χ2n) is 4.00. The number of benzene rings is 1. The number of rotatable bonds is 6. The van der Waals surface area contributed by atoms with Gasteiger partial charge in [0, 0.05) is 6.42 Å². The molecule has 1 heterocycles.